The van der Waals surface area contributed by atoms with E-state index in [2.05, 4.69) is 10.1 Å². The molecule has 0 radical (unpaired) electrons. The van der Waals surface area contributed by atoms with Gasteiger partial charge in [0.05, 0.1) is 6.54 Å². The van der Waals surface area contributed by atoms with Crippen LogP contribution in [0.4, 0.5) is 0 Å². The van der Waals surface area contributed by atoms with Crippen LogP contribution in [0, 0.1) is 0 Å². The van der Waals surface area contributed by atoms with Crippen LogP contribution in [0.25, 0.3) is 10.4 Å². The second kappa shape index (κ2) is 4.73. The van der Waals surface area contributed by atoms with Gasteiger partial charge in [-0.3, -0.25) is 0 Å². The van der Waals surface area contributed by atoms with Crippen LogP contribution < -0.4 is 0 Å². The Labute approximate surface area is 104 Å². The molecule has 1 N–H and O–H groups in total. The Hall–Kier alpha value is -1.95. The lowest BCUT2D eigenvalue weighted by molar-refractivity contribution is -0.177. The third kappa shape index (κ3) is 2.48. The van der Waals surface area contributed by atoms with E-state index in [1.165, 1.54) is 0 Å². The summed E-state index contributed by atoms with van der Waals surface area (Å²) in [6.45, 7) is 5.16. The van der Waals surface area contributed by atoms with Crippen molar-refractivity contribution in [1.29, 1.82) is 0 Å². The Balaban J connectivity index is 3.11. The van der Waals surface area contributed by atoms with Crippen molar-refractivity contribution in [1.82, 2.24) is 5.01 Å². The lowest BCUT2D eigenvalue weighted by Crippen LogP contribution is -2.56. The summed E-state index contributed by atoms with van der Waals surface area (Å²) < 4.78 is 5.12. The molecule has 1 aliphatic heterocycles. The van der Waals surface area contributed by atoms with Gasteiger partial charge >= 0.3 is 17.5 Å². The van der Waals surface area contributed by atoms with Gasteiger partial charge in [-0.1, -0.05) is 0 Å². The van der Waals surface area contributed by atoms with Gasteiger partial charge in [-0.25, -0.2) is 14.6 Å². The molecule has 1 heterocycles. The molecule has 0 aromatic rings. The Morgan fingerprint density at radius 2 is 2.11 bits per heavy atom. The van der Waals surface area contributed by atoms with Gasteiger partial charge in [0.1, 0.15) is 5.60 Å². The largest absolute Gasteiger partial charge is 0.477 e. The molecule has 0 amide bonds. The minimum atomic E-state index is -1.90. The molecule has 0 saturated carbocycles. The summed E-state index contributed by atoms with van der Waals surface area (Å²) >= 11 is 0. The summed E-state index contributed by atoms with van der Waals surface area (Å²) in [4.78, 5) is 26.0. The van der Waals surface area contributed by atoms with Gasteiger partial charge in [-0.05, 0) is 32.4 Å². The van der Waals surface area contributed by atoms with Crippen LogP contribution in [0.3, 0.4) is 0 Å². The number of esters is 1. The summed E-state index contributed by atoms with van der Waals surface area (Å²) in [5.41, 5.74) is 5.72. The predicted molar refractivity (Wildman–Crippen MR) is 61.3 cm³/mol. The van der Waals surface area contributed by atoms with E-state index in [0.717, 1.165) is 5.01 Å². The number of hydrogen-bond donors (Lipinski definition) is 1. The van der Waals surface area contributed by atoms with E-state index < -0.39 is 23.1 Å². The zero-order valence-corrected chi connectivity index (χ0v) is 10.6. The van der Waals surface area contributed by atoms with E-state index in [4.69, 9.17) is 10.3 Å². The van der Waals surface area contributed by atoms with E-state index in [9.17, 15) is 14.7 Å². The molecule has 1 fully saturated rings. The highest BCUT2D eigenvalue weighted by Gasteiger charge is 2.60. The van der Waals surface area contributed by atoms with E-state index in [-0.39, 0.29) is 13.0 Å². The summed E-state index contributed by atoms with van der Waals surface area (Å²) in [6, 6.07) is 0. The van der Waals surface area contributed by atoms with Crippen LogP contribution in [0.5, 0.6) is 0 Å². The summed E-state index contributed by atoms with van der Waals surface area (Å²) in [5, 5.41) is 13.5. The fraction of sp³-hybridized carbons (Fsp3) is 0.800. The van der Waals surface area contributed by atoms with Crippen LogP contribution in [0.1, 0.15) is 33.6 Å². The van der Waals surface area contributed by atoms with Gasteiger partial charge < -0.3 is 9.84 Å². The Morgan fingerprint density at radius 3 is 2.56 bits per heavy atom. The van der Waals surface area contributed by atoms with Gasteiger partial charge in [-0.15, -0.1) is 5.53 Å². The second-order valence-electron chi connectivity index (χ2n) is 5.07. The molecule has 100 valence electrons. The monoisotopic (exact) mass is 256 g/mol. The third-order valence-electron chi connectivity index (χ3n) is 2.59. The van der Waals surface area contributed by atoms with Gasteiger partial charge in [0.25, 0.3) is 0 Å². The van der Waals surface area contributed by atoms with Crippen molar-refractivity contribution in [2.45, 2.75) is 44.8 Å². The first-order valence-electron chi connectivity index (χ1n) is 5.53. The van der Waals surface area contributed by atoms with Crippen LogP contribution in [0.15, 0.2) is 5.22 Å². The fourth-order valence-corrected chi connectivity index (χ4v) is 1.85. The van der Waals surface area contributed by atoms with Crippen molar-refractivity contribution in [2.75, 3.05) is 6.54 Å². The van der Waals surface area contributed by atoms with E-state index in [1.54, 1.807) is 20.8 Å². The molecule has 0 aromatic heterocycles. The van der Waals surface area contributed by atoms with Crippen LogP contribution >= 0.6 is 0 Å². The SMILES string of the molecule is CC(C)(C)OC(=O)[C@@]1(C(=O)O)CCCN1N=[N+]=[N-]. The summed E-state index contributed by atoms with van der Waals surface area (Å²) in [7, 11) is 0. The molecule has 0 aromatic carbocycles. The summed E-state index contributed by atoms with van der Waals surface area (Å²) in [5.74, 6) is -2.26. The second-order valence-corrected chi connectivity index (χ2v) is 5.07. The smallest absolute Gasteiger partial charge is 0.367 e. The standard InChI is InChI=1S/C10H16N4O4/c1-9(2,3)18-8(17)10(7(15)16)5-4-6-14(10)13-12-11/h4-6H2,1-3H3,(H,15,16)/t10-/m0/s1. The van der Waals surface area contributed by atoms with Crippen LogP contribution in [-0.2, 0) is 14.3 Å². The average Bonchev–Trinajstić information content (AvgIpc) is 2.60. The molecule has 8 heteroatoms. The number of aliphatic carboxylic acids is 1. The predicted octanol–water partition coefficient (Wildman–Crippen LogP) is 1.47. The molecular weight excluding hydrogens is 240 g/mol. The van der Waals surface area contributed by atoms with Crippen LogP contribution in [-0.4, -0.2) is 39.7 Å². The van der Waals surface area contributed by atoms with Crippen molar-refractivity contribution in [3.63, 3.8) is 0 Å². The van der Waals surface area contributed by atoms with Gasteiger partial charge in [0.2, 0.25) is 0 Å². The molecule has 0 bridgehead atoms. The van der Waals surface area contributed by atoms with Crippen molar-refractivity contribution in [3.8, 4) is 0 Å². The minimum absolute atomic E-state index is 0.0657. The van der Waals surface area contributed by atoms with Crippen molar-refractivity contribution < 1.29 is 19.4 Å². The Bertz CT molecular complexity index is 411. The van der Waals surface area contributed by atoms with E-state index in [0.29, 0.717) is 6.42 Å². The molecule has 1 saturated heterocycles. The molecule has 1 rings (SSSR count). The van der Waals surface area contributed by atoms with Crippen molar-refractivity contribution in [3.05, 3.63) is 10.4 Å². The lowest BCUT2D eigenvalue weighted by Gasteiger charge is -2.29. The van der Waals surface area contributed by atoms with Gasteiger partial charge in [0.15, 0.2) is 0 Å². The fourth-order valence-electron chi connectivity index (χ4n) is 1.85. The summed E-state index contributed by atoms with van der Waals surface area (Å²) in [6.07, 6.45) is 0.515. The minimum Gasteiger partial charge on any atom is -0.477 e. The van der Waals surface area contributed by atoms with Gasteiger partial charge in [0, 0.05) is 6.42 Å². The maximum atomic E-state index is 12.1. The number of ether oxygens (including phenoxy) is 1. The lowest BCUT2D eigenvalue weighted by atomic mass is 9.97. The Morgan fingerprint density at radius 1 is 1.50 bits per heavy atom. The number of carboxylic acid groups (broad SMARTS) is 1. The molecule has 18 heavy (non-hydrogen) atoms. The highest BCUT2D eigenvalue weighted by Crippen LogP contribution is 2.32. The quantitative estimate of drug-likeness (QED) is 0.270. The van der Waals surface area contributed by atoms with E-state index >= 15 is 0 Å². The molecule has 8 nitrogen and oxygen atoms in total. The highest BCUT2D eigenvalue weighted by molar-refractivity contribution is 6.04. The number of hydrogen-bond acceptors (Lipinski definition) is 4. The topological polar surface area (TPSA) is 116 Å². The van der Waals surface area contributed by atoms with Crippen LogP contribution in [0.2, 0.25) is 0 Å². The van der Waals surface area contributed by atoms with E-state index in [1.807, 2.05) is 0 Å². The molecule has 1 atom stereocenters. The first-order chi connectivity index (χ1) is 8.24. The third-order valence-corrected chi connectivity index (χ3v) is 2.59. The number of carbonyl (C=O) groups excluding carboxylic acids is 1. The number of nitrogens with zero attached hydrogens (tertiary/aromatic N) is 4. The first kappa shape index (κ1) is 14.1. The maximum Gasteiger partial charge on any atom is 0.367 e. The average molecular weight is 256 g/mol. The number of carboxylic acids is 1. The number of rotatable bonds is 3. The Kier molecular flexibility index (Phi) is 3.71. The molecule has 1 aliphatic rings. The highest BCUT2D eigenvalue weighted by atomic mass is 16.6. The molecule has 0 unspecified atom stereocenters. The number of azide groups is 1. The van der Waals surface area contributed by atoms with Crippen molar-refractivity contribution in [2.24, 2.45) is 5.22 Å². The number of carbonyl (C=O) groups is 2. The molecule has 0 aliphatic carbocycles. The molecule has 0 spiro atoms. The maximum absolute atomic E-state index is 12.1. The van der Waals surface area contributed by atoms with Crippen molar-refractivity contribution >= 4 is 11.9 Å². The normalized spacial score (nSPS) is 23.4. The van der Waals surface area contributed by atoms with Gasteiger partial charge in [-0.2, -0.15) is 4.91 Å². The molecular formula is C10H16N4O4. The zero-order valence-electron chi connectivity index (χ0n) is 10.6. The first-order valence-corrected chi connectivity index (χ1v) is 5.53. The zero-order chi connectivity index (χ0) is 14.0.